The van der Waals surface area contributed by atoms with Crippen molar-refractivity contribution in [2.24, 2.45) is 0 Å². The summed E-state index contributed by atoms with van der Waals surface area (Å²) in [6.07, 6.45) is -1.18. The Morgan fingerprint density at radius 3 is 2.68 bits per heavy atom. The van der Waals surface area contributed by atoms with Gasteiger partial charge in [-0.15, -0.1) is 10.2 Å². The van der Waals surface area contributed by atoms with E-state index in [1.165, 1.54) is 12.1 Å². The first-order chi connectivity index (χ1) is 11.9. The summed E-state index contributed by atoms with van der Waals surface area (Å²) in [7, 11) is 0. The molecule has 0 aliphatic carbocycles. The van der Waals surface area contributed by atoms with Crippen LogP contribution in [0.4, 0.5) is 23.7 Å². The van der Waals surface area contributed by atoms with Crippen molar-refractivity contribution in [1.29, 1.82) is 0 Å². The number of carbonyl (C=O) groups excluding carboxylic acids is 1. The molecule has 1 saturated heterocycles. The monoisotopic (exact) mass is 353 g/mol. The van der Waals surface area contributed by atoms with Gasteiger partial charge in [0.25, 0.3) is 0 Å². The molecule has 2 heterocycles. The quantitative estimate of drug-likeness (QED) is 0.921. The number of halogens is 3. The number of amides is 2. The molecule has 1 atom stereocenters. The van der Waals surface area contributed by atoms with E-state index in [-0.39, 0.29) is 12.1 Å². The zero-order chi connectivity index (χ0) is 18.0. The molecule has 0 saturated carbocycles. The number of hydrogen-bond donors (Lipinski definition) is 1. The molecule has 1 aliphatic rings. The van der Waals surface area contributed by atoms with Crippen molar-refractivity contribution in [2.75, 3.05) is 18.4 Å². The fourth-order valence-electron chi connectivity index (χ4n) is 2.92. The number of aromatic nitrogens is 3. The maximum atomic E-state index is 12.6. The molecular formula is C16H18F3N5O. The largest absolute Gasteiger partial charge is 0.416 e. The molecule has 134 valence electrons. The summed E-state index contributed by atoms with van der Waals surface area (Å²) >= 11 is 0. The predicted octanol–water partition coefficient (Wildman–Crippen LogP) is 3.34. The molecule has 6 nitrogen and oxygen atoms in total. The third-order valence-corrected chi connectivity index (χ3v) is 4.27. The van der Waals surface area contributed by atoms with E-state index in [1.807, 2.05) is 11.5 Å². The standard InChI is InChI=1S/C16H18F3N5O/c1-2-14-22-20-10-24(14)13-7-8-23(9-13)15(25)21-12-5-3-11(4-6-12)16(17,18)19/h3-6,10,13H,2,7-9H2,1H3,(H,21,25). The predicted molar refractivity (Wildman–Crippen MR) is 85.1 cm³/mol. The van der Waals surface area contributed by atoms with Gasteiger partial charge in [-0.3, -0.25) is 0 Å². The highest BCUT2D eigenvalue weighted by atomic mass is 19.4. The van der Waals surface area contributed by atoms with Crippen molar-refractivity contribution in [2.45, 2.75) is 32.0 Å². The Morgan fingerprint density at radius 2 is 2.04 bits per heavy atom. The number of anilines is 1. The number of urea groups is 1. The highest BCUT2D eigenvalue weighted by Gasteiger charge is 2.31. The number of nitrogens with one attached hydrogen (secondary N) is 1. The Hall–Kier alpha value is -2.58. The first kappa shape index (κ1) is 17.2. The summed E-state index contributed by atoms with van der Waals surface area (Å²) in [4.78, 5) is 14.0. The fraction of sp³-hybridized carbons (Fsp3) is 0.438. The molecule has 9 heteroatoms. The number of likely N-dealkylation sites (tertiary alicyclic amines) is 1. The Morgan fingerprint density at radius 1 is 1.32 bits per heavy atom. The van der Waals surface area contributed by atoms with Crippen LogP contribution in [0.15, 0.2) is 30.6 Å². The number of nitrogens with zero attached hydrogens (tertiary/aromatic N) is 4. The molecule has 0 radical (unpaired) electrons. The van der Waals surface area contributed by atoms with Crippen LogP contribution < -0.4 is 5.32 Å². The number of carbonyl (C=O) groups is 1. The summed E-state index contributed by atoms with van der Waals surface area (Å²) in [6, 6.07) is 4.20. The lowest BCUT2D eigenvalue weighted by molar-refractivity contribution is -0.137. The molecule has 1 aliphatic heterocycles. The van der Waals surface area contributed by atoms with Crippen LogP contribution in [0.2, 0.25) is 0 Å². The van der Waals surface area contributed by atoms with Gasteiger partial charge in [0.15, 0.2) is 0 Å². The molecular weight excluding hydrogens is 335 g/mol. The van der Waals surface area contributed by atoms with Crippen molar-refractivity contribution < 1.29 is 18.0 Å². The van der Waals surface area contributed by atoms with E-state index in [9.17, 15) is 18.0 Å². The van der Waals surface area contributed by atoms with Crippen molar-refractivity contribution in [3.05, 3.63) is 42.0 Å². The van der Waals surface area contributed by atoms with Crippen LogP contribution in [0, 0.1) is 0 Å². The highest BCUT2D eigenvalue weighted by molar-refractivity contribution is 5.89. The Bertz CT molecular complexity index is 741. The molecule has 1 N–H and O–H groups in total. The van der Waals surface area contributed by atoms with Crippen LogP contribution in [0.3, 0.4) is 0 Å². The number of hydrogen-bond acceptors (Lipinski definition) is 3. The lowest BCUT2D eigenvalue weighted by Gasteiger charge is -2.18. The van der Waals surface area contributed by atoms with Crippen molar-refractivity contribution in [1.82, 2.24) is 19.7 Å². The summed E-state index contributed by atoms with van der Waals surface area (Å²) in [6.45, 7) is 3.07. The number of benzene rings is 1. The maximum absolute atomic E-state index is 12.6. The lowest BCUT2D eigenvalue weighted by atomic mass is 10.2. The summed E-state index contributed by atoms with van der Waals surface area (Å²) in [5.74, 6) is 0.870. The minimum atomic E-state index is -4.39. The highest BCUT2D eigenvalue weighted by Crippen LogP contribution is 2.30. The van der Waals surface area contributed by atoms with E-state index in [0.717, 1.165) is 30.8 Å². The van der Waals surface area contributed by atoms with Crippen LogP contribution in [0.25, 0.3) is 0 Å². The molecule has 2 aromatic rings. The maximum Gasteiger partial charge on any atom is 0.416 e. The van der Waals surface area contributed by atoms with Crippen LogP contribution in [0.1, 0.15) is 30.8 Å². The second-order valence-electron chi connectivity index (χ2n) is 5.90. The van der Waals surface area contributed by atoms with E-state index in [4.69, 9.17) is 0 Å². The van der Waals surface area contributed by atoms with Gasteiger partial charge in [0.05, 0.1) is 11.6 Å². The van der Waals surface area contributed by atoms with Gasteiger partial charge in [-0.2, -0.15) is 13.2 Å². The van der Waals surface area contributed by atoms with Crippen molar-refractivity contribution in [3.8, 4) is 0 Å². The fourth-order valence-corrected chi connectivity index (χ4v) is 2.92. The van der Waals surface area contributed by atoms with Crippen molar-refractivity contribution >= 4 is 11.7 Å². The summed E-state index contributed by atoms with van der Waals surface area (Å²) < 4.78 is 39.7. The zero-order valence-electron chi connectivity index (χ0n) is 13.6. The van der Waals surface area contributed by atoms with Crippen LogP contribution in [-0.2, 0) is 12.6 Å². The minimum Gasteiger partial charge on any atom is -0.322 e. The lowest BCUT2D eigenvalue weighted by Crippen LogP contribution is -2.33. The van der Waals surface area contributed by atoms with Gasteiger partial charge >= 0.3 is 12.2 Å². The van der Waals surface area contributed by atoms with Crippen LogP contribution >= 0.6 is 0 Å². The first-order valence-corrected chi connectivity index (χ1v) is 8.00. The molecule has 1 fully saturated rings. The zero-order valence-corrected chi connectivity index (χ0v) is 13.6. The average Bonchev–Trinajstić information content (AvgIpc) is 3.23. The second kappa shape index (κ2) is 6.73. The van der Waals surface area contributed by atoms with Gasteiger partial charge in [0.1, 0.15) is 12.2 Å². The van der Waals surface area contributed by atoms with E-state index < -0.39 is 11.7 Å². The third kappa shape index (κ3) is 3.75. The molecule has 0 spiro atoms. The Balaban J connectivity index is 1.61. The molecule has 2 amide bonds. The first-order valence-electron chi connectivity index (χ1n) is 8.00. The van der Waals surface area contributed by atoms with Gasteiger partial charge in [-0.1, -0.05) is 6.92 Å². The topological polar surface area (TPSA) is 63.1 Å². The smallest absolute Gasteiger partial charge is 0.322 e. The molecule has 1 aromatic carbocycles. The van der Waals surface area contributed by atoms with Crippen LogP contribution in [-0.4, -0.2) is 38.8 Å². The molecule has 1 aromatic heterocycles. The van der Waals surface area contributed by atoms with Crippen molar-refractivity contribution in [3.63, 3.8) is 0 Å². The van der Waals surface area contributed by atoms with Gasteiger partial charge in [-0.25, -0.2) is 4.79 Å². The number of rotatable bonds is 3. The normalized spacial score (nSPS) is 17.8. The molecule has 25 heavy (non-hydrogen) atoms. The van der Waals surface area contributed by atoms with E-state index in [2.05, 4.69) is 15.5 Å². The minimum absolute atomic E-state index is 0.114. The molecule has 1 unspecified atom stereocenters. The third-order valence-electron chi connectivity index (χ3n) is 4.27. The number of aryl methyl sites for hydroxylation is 1. The molecule has 3 rings (SSSR count). The SMILES string of the molecule is CCc1nncn1C1CCN(C(=O)Nc2ccc(C(F)(F)F)cc2)C1. The van der Waals surface area contributed by atoms with Gasteiger partial charge in [0.2, 0.25) is 0 Å². The van der Waals surface area contributed by atoms with E-state index in [1.54, 1.807) is 11.2 Å². The van der Waals surface area contributed by atoms with Crippen LogP contribution in [0.5, 0.6) is 0 Å². The van der Waals surface area contributed by atoms with E-state index >= 15 is 0 Å². The van der Waals surface area contributed by atoms with E-state index in [0.29, 0.717) is 18.8 Å². The second-order valence-corrected chi connectivity index (χ2v) is 5.90. The average molecular weight is 353 g/mol. The van der Waals surface area contributed by atoms with Gasteiger partial charge in [0, 0.05) is 25.2 Å². The Kier molecular flexibility index (Phi) is 4.65. The Labute approximate surface area is 142 Å². The summed E-state index contributed by atoms with van der Waals surface area (Å²) in [5.41, 5.74) is -0.411. The van der Waals surface area contributed by atoms with Gasteiger partial charge < -0.3 is 14.8 Å². The molecule has 0 bridgehead atoms. The van der Waals surface area contributed by atoms with Gasteiger partial charge in [-0.05, 0) is 30.7 Å². The number of alkyl halides is 3. The summed E-state index contributed by atoms with van der Waals surface area (Å²) in [5, 5.41) is 10.6.